The number of aliphatic hydroxyl groups is 1. The third-order valence-electron chi connectivity index (χ3n) is 3.73. The lowest BCUT2D eigenvalue weighted by Crippen LogP contribution is -2.41. The van der Waals surface area contributed by atoms with Crippen LogP contribution in [0, 0.1) is 12.8 Å². The van der Waals surface area contributed by atoms with E-state index in [1.807, 2.05) is 25.1 Å². The predicted molar refractivity (Wildman–Crippen MR) is 79.2 cm³/mol. The summed E-state index contributed by atoms with van der Waals surface area (Å²) in [6.45, 7) is 2.09. The maximum atomic E-state index is 12.0. The summed E-state index contributed by atoms with van der Waals surface area (Å²) >= 11 is 3.44. The Morgan fingerprint density at radius 3 is 3.00 bits per heavy atom. The van der Waals surface area contributed by atoms with E-state index in [2.05, 4.69) is 26.6 Å². The van der Waals surface area contributed by atoms with Crippen molar-refractivity contribution in [1.29, 1.82) is 0 Å². The van der Waals surface area contributed by atoms with Gasteiger partial charge < -0.3 is 15.7 Å². The van der Waals surface area contributed by atoms with Crippen LogP contribution in [0.5, 0.6) is 0 Å². The van der Waals surface area contributed by atoms with Gasteiger partial charge in [-0.15, -0.1) is 0 Å². The fourth-order valence-electron chi connectivity index (χ4n) is 2.52. The van der Waals surface area contributed by atoms with E-state index in [1.165, 1.54) is 0 Å². The molecule has 0 unspecified atom stereocenters. The van der Waals surface area contributed by atoms with Crippen molar-refractivity contribution in [3.8, 4) is 0 Å². The molecular formula is C14H19BrN2O2. The van der Waals surface area contributed by atoms with Gasteiger partial charge in [0, 0.05) is 28.7 Å². The zero-order valence-electron chi connectivity index (χ0n) is 10.9. The van der Waals surface area contributed by atoms with Crippen LogP contribution in [0.3, 0.4) is 0 Å². The van der Waals surface area contributed by atoms with Gasteiger partial charge in [-0.1, -0.05) is 28.4 Å². The number of rotatable bonds is 3. The van der Waals surface area contributed by atoms with Crippen molar-refractivity contribution in [2.45, 2.75) is 32.2 Å². The Balaban J connectivity index is 1.96. The molecule has 1 aliphatic carbocycles. The quantitative estimate of drug-likeness (QED) is 0.799. The highest BCUT2D eigenvalue weighted by molar-refractivity contribution is 9.10. The van der Waals surface area contributed by atoms with Crippen LogP contribution in [0.4, 0.5) is 10.5 Å². The number of nitrogens with one attached hydrogen (secondary N) is 2. The van der Waals surface area contributed by atoms with Gasteiger partial charge >= 0.3 is 6.03 Å². The molecule has 5 heteroatoms. The smallest absolute Gasteiger partial charge is 0.319 e. The van der Waals surface area contributed by atoms with E-state index in [4.69, 9.17) is 0 Å². The zero-order valence-corrected chi connectivity index (χ0v) is 12.5. The second-order valence-corrected chi connectivity index (χ2v) is 5.85. The lowest BCUT2D eigenvalue weighted by Gasteiger charge is -2.19. The lowest BCUT2D eigenvalue weighted by molar-refractivity contribution is 0.203. The van der Waals surface area contributed by atoms with Crippen LogP contribution in [0.1, 0.15) is 24.8 Å². The van der Waals surface area contributed by atoms with Crippen molar-refractivity contribution >= 4 is 27.6 Å². The van der Waals surface area contributed by atoms with Gasteiger partial charge in [0.1, 0.15) is 0 Å². The number of hydrogen-bond donors (Lipinski definition) is 3. The molecule has 0 saturated heterocycles. The first kappa shape index (κ1) is 14.3. The number of anilines is 1. The van der Waals surface area contributed by atoms with E-state index < -0.39 is 0 Å². The van der Waals surface area contributed by atoms with Crippen LogP contribution < -0.4 is 10.6 Å². The van der Waals surface area contributed by atoms with Crippen molar-refractivity contribution in [1.82, 2.24) is 5.32 Å². The molecular weight excluding hydrogens is 308 g/mol. The first-order chi connectivity index (χ1) is 9.11. The third-order valence-corrected chi connectivity index (χ3v) is 4.59. The first-order valence-electron chi connectivity index (χ1n) is 6.55. The summed E-state index contributed by atoms with van der Waals surface area (Å²) in [5.41, 5.74) is 1.80. The molecule has 1 saturated carbocycles. The number of carbonyl (C=O) groups is 1. The van der Waals surface area contributed by atoms with Crippen molar-refractivity contribution in [3.05, 3.63) is 28.2 Å². The normalized spacial score (nSPS) is 22.3. The molecule has 104 valence electrons. The second-order valence-electron chi connectivity index (χ2n) is 4.99. The summed E-state index contributed by atoms with van der Waals surface area (Å²) in [6.07, 6.45) is 2.99. The van der Waals surface area contributed by atoms with Crippen LogP contribution in [-0.4, -0.2) is 23.8 Å². The number of aliphatic hydroxyl groups excluding tert-OH is 1. The van der Waals surface area contributed by atoms with Gasteiger partial charge in [-0.2, -0.15) is 0 Å². The van der Waals surface area contributed by atoms with Gasteiger partial charge in [0.2, 0.25) is 0 Å². The molecule has 0 aliphatic heterocycles. The molecule has 0 bridgehead atoms. The Morgan fingerprint density at radius 1 is 1.47 bits per heavy atom. The average Bonchev–Trinajstić information content (AvgIpc) is 2.82. The highest BCUT2D eigenvalue weighted by Crippen LogP contribution is 2.26. The van der Waals surface area contributed by atoms with E-state index in [9.17, 15) is 9.90 Å². The molecule has 4 nitrogen and oxygen atoms in total. The minimum absolute atomic E-state index is 0.0810. The Kier molecular flexibility index (Phi) is 4.82. The van der Waals surface area contributed by atoms with Crippen LogP contribution >= 0.6 is 15.9 Å². The van der Waals surface area contributed by atoms with E-state index >= 15 is 0 Å². The molecule has 0 heterocycles. The maximum absolute atomic E-state index is 12.0. The van der Waals surface area contributed by atoms with Gasteiger partial charge in [-0.3, -0.25) is 0 Å². The lowest BCUT2D eigenvalue weighted by atomic mass is 10.1. The molecule has 2 atom stereocenters. The predicted octanol–water partition coefficient (Wildman–Crippen LogP) is 3.04. The van der Waals surface area contributed by atoms with E-state index in [1.54, 1.807) is 0 Å². The number of amides is 2. The first-order valence-corrected chi connectivity index (χ1v) is 7.34. The van der Waals surface area contributed by atoms with E-state index in [-0.39, 0.29) is 24.6 Å². The molecule has 1 aromatic carbocycles. The Hall–Kier alpha value is -1.07. The minimum Gasteiger partial charge on any atom is -0.396 e. The SMILES string of the molecule is Cc1c(Br)cccc1NC(=O)N[C@@H]1CCC[C@H]1CO. The Bertz CT molecular complexity index is 465. The number of urea groups is 1. The van der Waals surface area contributed by atoms with Gasteiger partial charge in [0.25, 0.3) is 0 Å². The minimum atomic E-state index is -0.202. The molecule has 1 fully saturated rings. The highest BCUT2D eigenvalue weighted by atomic mass is 79.9. The Morgan fingerprint density at radius 2 is 2.26 bits per heavy atom. The molecule has 0 spiro atoms. The summed E-state index contributed by atoms with van der Waals surface area (Å²) in [6, 6.07) is 5.58. The van der Waals surface area contributed by atoms with Crippen LogP contribution in [0.25, 0.3) is 0 Å². The van der Waals surface area contributed by atoms with E-state index in [0.717, 1.165) is 35.0 Å². The molecule has 19 heavy (non-hydrogen) atoms. The fourth-order valence-corrected chi connectivity index (χ4v) is 2.88. The highest BCUT2D eigenvalue weighted by Gasteiger charge is 2.27. The second kappa shape index (κ2) is 6.39. The Labute approximate surface area is 121 Å². The molecule has 2 rings (SSSR count). The van der Waals surface area contributed by atoms with Crippen LogP contribution in [0.2, 0.25) is 0 Å². The van der Waals surface area contributed by atoms with Gasteiger partial charge in [0.15, 0.2) is 0 Å². The monoisotopic (exact) mass is 326 g/mol. The fraction of sp³-hybridized carbons (Fsp3) is 0.500. The third kappa shape index (κ3) is 3.48. The van der Waals surface area contributed by atoms with Crippen molar-refractivity contribution in [3.63, 3.8) is 0 Å². The molecule has 3 N–H and O–H groups in total. The van der Waals surface area contributed by atoms with Crippen molar-refractivity contribution < 1.29 is 9.90 Å². The van der Waals surface area contributed by atoms with Crippen LogP contribution in [-0.2, 0) is 0 Å². The van der Waals surface area contributed by atoms with Gasteiger partial charge in [-0.25, -0.2) is 4.79 Å². The van der Waals surface area contributed by atoms with Gasteiger partial charge in [-0.05, 0) is 37.5 Å². The van der Waals surface area contributed by atoms with Crippen molar-refractivity contribution in [2.24, 2.45) is 5.92 Å². The summed E-state index contributed by atoms with van der Waals surface area (Å²) in [7, 11) is 0. The molecule has 1 aliphatic rings. The molecule has 1 aromatic rings. The zero-order chi connectivity index (χ0) is 13.8. The summed E-state index contributed by atoms with van der Waals surface area (Å²) in [5, 5.41) is 15.1. The van der Waals surface area contributed by atoms with Crippen molar-refractivity contribution in [2.75, 3.05) is 11.9 Å². The topological polar surface area (TPSA) is 61.4 Å². The average molecular weight is 327 g/mol. The van der Waals surface area contributed by atoms with Crippen LogP contribution in [0.15, 0.2) is 22.7 Å². The number of halogens is 1. The molecule has 0 aromatic heterocycles. The molecule has 2 amide bonds. The number of benzene rings is 1. The summed E-state index contributed by atoms with van der Waals surface area (Å²) < 4.78 is 0.972. The standard InChI is InChI=1S/C14H19BrN2O2/c1-9-11(15)5-3-6-12(9)16-14(19)17-13-7-2-4-10(13)8-18/h3,5-6,10,13,18H,2,4,7-8H2,1H3,(H2,16,17,19)/t10-,13+/m0/s1. The maximum Gasteiger partial charge on any atom is 0.319 e. The number of carbonyl (C=O) groups excluding carboxylic acids is 1. The largest absolute Gasteiger partial charge is 0.396 e. The summed E-state index contributed by atoms with van der Waals surface area (Å²) in [5.74, 6) is 0.189. The summed E-state index contributed by atoms with van der Waals surface area (Å²) in [4.78, 5) is 12.0. The number of hydrogen-bond acceptors (Lipinski definition) is 2. The van der Waals surface area contributed by atoms with E-state index in [0.29, 0.717) is 0 Å². The van der Waals surface area contributed by atoms with Gasteiger partial charge in [0.05, 0.1) is 0 Å². The molecule has 0 radical (unpaired) electrons.